The first kappa shape index (κ1) is 35.4. The largest absolute Gasteiger partial charge is 0.493 e. The lowest BCUT2D eigenvalue weighted by atomic mass is 9.97. The van der Waals surface area contributed by atoms with Crippen molar-refractivity contribution in [1.82, 2.24) is 4.57 Å². The molecule has 0 fully saturated rings. The van der Waals surface area contributed by atoms with Gasteiger partial charge >= 0.3 is 11.9 Å². The summed E-state index contributed by atoms with van der Waals surface area (Å²) >= 11 is 4.79. The Labute approximate surface area is 295 Å². The highest BCUT2D eigenvalue weighted by molar-refractivity contribution is 9.10. The second-order valence-electron chi connectivity index (χ2n) is 10.5. The number of halogens is 1. The van der Waals surface area contributed by atoms with Gasteiger partial charge < -0.3 is 28.4 Å². The van der Waals surface area contributed by atoms with Crippen molar-refractivity contribution in [2.75, 3.05) is 34.0 Å². The summed E-state index contributed by atoms with van der Waals surface area (Å²) in [5.74, 6) is 0.989. The van der Waals surface area contributed by atoms with Crippen LogP contribution in [0.25, 0.3) is 6.08 Å². The minimum absolute atomic E-state index is 0.203. The summed E-state index contributed by atoms with van der Waals surface area (Å²) in [5.41, 5.74) is 2.47. The summed E-state index contributed by atoms with van der Waals surface area (Å²) in [5, 5.41) is 0. The van der Waals surface area contributed by atoms with Crippen LogP contribution in [0, 0.1) is 0 Å². The van der Waals surface area contributed by atoms with Gasteiger partial charge in [-0.3, -0.25) is 9.36 Å². The SMILES string of the molecule is CCOC(=O)c1ccc(COc2c(Br)cc(/C=c3/sc4n(c3=O)[C@@H](c3ccc(OCC)c(OCC)c3)C(C(=O)OC)=CN=4)cc2OC)cc1. The molecule has 0 unspecified atom stereocenters. The van der Waals surface area contributed by atoms with Gasteiger partial charge in [-0.25, -0.2) is 14.6 Å². The first-order chi connectivity index (χ1) is 23.7. The van der Waals surface area contributed by atoms with E-state index in [0.29, 0.717) is 73.3 Å². The number of carbonyl (C=O) groups is 2. The topological polar surface area (TPSA) is 124 Å². The quantitative estimate of drug-likeness (QED) is 0.167. The Balaban J connectivity index is 1.49. The summed E-state index contributed by atoms with van der Waals surface area (Å²) in [6.45, 7) is 6.87. The molecule has 1 aliphatic heterocycles. The second kappa shape index (κ2) is 16.0. The fraction of sp³-hybridized carbons (Fsp3) is 0.278. The number of nitrogens with zero attached hydrogens (tertiary/aromatic N) is 2. The number of methoxy groups -OCH3 is 2. The summed E-state index contributed by atoms with van der Waals surface area (Å²) in [7, 11) is 2.82. The molecule has 0 radical (unpaired) electrons. The number of esters is 2. The summed E-state index contributed by atoms with van der Waals surface area (Å²) in [6.07, 6.45) is 3.18. The summed E-state index contributed by atoms with van der Waals surface area (Å²) in [4.78, 5) is 43.8. The summed E-state index contributed by atoms with van der Waals surface area (Å²) in [6, 6.07) is 15.1. The highest BCUT2D eigenvalue weighted by Gasteiger charge is 2.31. The lowest BCUT2D eigenvalue weighted by Gasteiger charge is -2.23. The predicted molar refractivity (Wildman–Crippen MR) is 187 cm³/mol. The molecule has 0 saturated carbocycles. The van der Waals surface area contributed by atoms with E-state index in [4.69, 9.17) is 28.4 Å². The van der Waals surface area contributed by atoms with Crippen molar-refractivity contribution in [3.8, 4) is 23.0 Å². The molecule has 0 spiro atoms. The highest BCUT2D eigenvalue weighted by Crippen LogP contribution is 2.38. The van der Waals surface area contributed by atoms with Crippen LogP contribution in [-0.2, 0) is 20.9 Å². The molecule has 4 aromatic rings. The Morgan fingerprint density at radius 2 is 1.63 bits per heavy atom. The Hall–Kier alpha value is -4.88. The van der Waals surface area contributed by atoms with Crippen LogP contribution in [0.3, 0.4) is 0 Å². The van der Waals surface area contributed by atoms with E-state index in [2.05, 4.69) is 20.9 Å². The molecule has 0 amide bonds. The maximum absolute atomic E-state index is 14.1. The van der Waals surface area contributed by atoms with Gasteiger partial charge in [-0.05, 0) is 95.9 Å². The fourth-order valence-electron chi connectivity index (χ4n) is 5.21. The van der Waals surface area contributed by atoms with Crippen LogP contribution >= 0.6 is 27.3 Å². The van der Waals surface area contributed by atoms with Crippen molar-refractivity contribution in [3.05, 3.63) is 113 Å². The normalized spacial score (nSPS) is 13.9. The molecule has 0 aliphatic carbocycles. The van der Waals surface area contributed by atoms with Gasteiger partial charge in [0.2, 0.25) is 0 Å². The molecule has 1 aromatic heterocycles. The fourth-order valence-corrected chi connectivity index (χ4v) is 6.75. The Kier molecular flexibility index (Phi) is 11.6. The molecule has 13 heteroatoms. The molecule has 0 saturated heterocycles. The van der Waals surface area contributed by atoms with E-state index in [1.807, 2.05) is 19.9 Å². The number of hydrogen-bond donors (Lipinski definition) is 0. The van der Waals surface area contributed by atoms with Crippen LogP contribution < -0.4 is 33.8 Å². The van der Waals surface area contributed by atoms with Crippen molar-refractivity contribution in [3.63, 3.8) is 0 Å². The van der Waals surface area contributed by atoms with Crippen molar-refractivity contribution < 1.29 is 38.0 Å². The lowest BCUT2D eigenvalue weighted by molar-refractivity contribution is -0.136. The minimum atomic E-state index is -0.816. The number of hydrogen-bond acceptors (Lipinski definition) is 11. The number of thiazole rings is 1. The maximum atomic E-state index is 14.1. The average Bonchev–Trinajstić information content (AvgIpc) is 3.42. The molecule has 3 aromatic carbocycles. The van der Waals surface area contributed by atoms with Crippen LogP contribution in [0.15, 0.2) is 80.6 Å². The van der Waals surface area contributed by atoms with Crippen LogP contribution in [0.2, 0.25) is 0 Å². The van der Waals surface area contributed by atoms with Crippen molar-refractivity contribution in [1.29, 1.82) is 0 Å². The van der Waals surface area contributed by atoms with E-state index in [9.17, 15) is 14.4 Å². The minimum Gasteiger partial charge on any atom is -0.493 e. The zero-order chi connectivity index (χ0) is 35.1. The third-order valence-corrected chi connectivity index (χ3v) is 8.99. The molecule has 256 valence electrons. The highest BCUT2D eigenvalue weighted by atomic mass is 79.9. The number of carbonyl (C=O) groups excluding carboxylic acids is 2. The van der Waals surface area contributed by atoms with E-state index in [0.717, 1.165) is 5.56 Å². The van der Waals surface area contributed by atoms with Gasteiger partial charge in [-0.1, -0.05) is 29.5 Å². The van der Waals surface area contributed by atoms with E-state index < -0.39 is 12.0 Å². The third-order valence-electron chi connectivity index (χ3n) is 7.41. The monoisotopic (exact) mass is 750 g/mol. The van der Waals surface area contributed by atoms with Gasteiger partial charge in [0.1, 0.15) is 6.61 Å². The molecule has 49 heavy (non-hydrogen) atoms. The van der Waals surface area contributed by atoms with Crippen molar-refractivity contribution in [2.45, 2.75) is 33.4 Å². The zero-order valence-electron chi connectivity index (χ0n) is 27.6. The molecule has 1 atom stereocenters. The maximum Gasteiger partial charge on any atom is 0.338 e. The molecular formula is C36H35BrN2O9S. The van der Waals surface area contributed by atoms with Gasteiger partial charge in [0.05, 0.1) is 60.2 Å². The van der Waals surface area contributed by atoms with Gasteiger partial charge in [0, 0.05) is 6.20 Å². The lowest BCUT2D eigenvalue weighted by Crippen LogP contribution is -2.39. The van der Waals surface area contributed by atoms with Crippen LogP contribution in [-0.4, -0.2) is 50.5 Å². The average molecular weight is 752 g/mol. The number of aromatic nitrogens is 1. The van der Waals surface area contributed by atoms with Gasteiger partial charge in [-0.2, -0.15) is 0 Å². The molecule has 1 aliphatic rings. The molecule has 2 heterocycles. The smallest absolute Gasteiger partial charge is 0.338 e. The van der Waals surface area contributed by atoms with Crippen LogP contribution in [0.1, 0.15) is 53.9 Å². The van der Waals surface area contributed by atoms with Crippen molar-refractivity contribution >= 4 is 45.3 Å². The standard InChI is InChI=1S/C36H35BrN2O9S/c1-6-45-27-14-13-24(18-28(27)46-7-2)31-25(35(42)44-5)19-38-36-39(31)33(40)30(49-36)17-22-15-26(37)32(29(16-22)43-4)48-20-21-9-11-23(12-10-21)34(41)47-8-3/h9-19,31H,6-8,20H2,1-5H3/b30-17+/t31-/m0/s1. The van der Waals surface area contributed by atoms with Crippen molar-refractivity contribution in [2.24, 2.45) is 4.99 Å². The predicted octanol–water partition coefficient (Wildman–Crippen LogP) is 5.34. The number of benzene rings is 3. The van der Waals surface area contributed by atoms with Crippen LogP contribution in [0.5, 0.6) is 23.0 Å². The van der Waals surface area contributed by atoms with E-state index in [-0.39, 0.29) is 23.7 Å². The molecule has 0 bridgehead atoms. The second-order valence-corrected chi connectivity index (χ2v) is 12.4. The first-order valence-electron chi connectivity index (χ1n) is 15.5. The zero-order valence-corrected chi connectivity index (χ0v) is 30.0. The molecule has 5 rings (SSSR count). The van der Waals surface area contributed by atoms with E-state index >= 15 is 0 Å². The first-order valence-corrected chi connectivity index (χ1v) is 17.1. The number of ether oxygens (including phenoxy) is 6. The third kappa shape index (κ3) is 7.73. The van der Waals surface area contributed by atoms with Gasteiger partial charge in [0.25, 0.3) is 5.56 Å². The van der Waals surface area contributed by atoms with E-state index in [1.165, 1.54) is 36.3 Å². The summed E-state index contributed by atoms with van der Waals surface area (Å²) < 4.78 is 35.9. The number of fused-ring (bicyclic) bond motifs is 1. The molecular weight excluding hydrogens is 716 g/mol. The Morgan fingerprint density at radius 1 is 0.898 bits per heavy atom. The molecule has 0 N–H and O–H groups in total. The Morgan fingerprint density at radius 3 is 2.31 bits per heavy atom. The molecule has 11 nitrogen and oxygen atoms in total. The van der Waals surface area contributed by atoms with E-state index in [1.54, 1.807) is 61.5 Å². The number of rotatable bonds is 13. The van der Waals surface area contributed by atoms with Gasteiger partial charge in [-0.15, -0.1) is 0 Å². The van der Waals surface area contributed by atoms with Crippen LogP contribution in [0.4, 0.5) is 0 Å². The van der Waals surface area contributed by atoms with Gasteiger partial charge in [0.15, 0.2) is 27.8 Å². The Bertz CT molecular complexity index is 2070.